The normalized spacial score (nSPS) is 34.6. The highest BCUT2D eigenvalue weighted by Gasteiger charge is 2.59. The van der Waals surface area contributed by atoms with Crippen LogP contribution in [0.25, 0.3) is 0 Å². The van der Waals surface area contributed by atoms with E-state index in [1.165, 1.54) is 17.7 Å². The molecule has 1 heterocycles. The summed E-state index contributed by atoms with van der Waals surface area (Å²) >= 11 is 3.42. The molecule has 3 nitrogen and oxygen atoms in total. The Kier molecular flexibility index (Phi) is 3.28. The van der Waals surface area contributed by atoms with Crippen LogP contribution in [0.5, 0.6) is 0 Å². The fourth-order valence-electron chi connectivity index (χ4n) is 5.74. The molecule has 0 radical (unpaired) electrons. The Labute approximate surface area is 150 Å². The minimum Gasteiger partial charge on any atom is -0.274 e. The summed E-state index contributed by atoms with van der Waals surface area (Å²) in [5, 5.41) is 0. The van der Waals surface area contributed by atoms with Crippen molar-refractivity contribution in [3.05, 3.63) is 39.9 Å². The Morgan fingerprint density at radius 1 is 0.833 bits per heavy atom. The van der Waals surface area contributed by atoms with Crippen molar-refractivity contribution in [2.24, 2.45) is 23.7 Å². The third-order valence-corrected chi connectivity index (χ3v) is 7.11. The summed E-state index contributed by atoms with van der Waals surface area (Å²) in [5.74, 6) is 0.536. The number of carbonyl (C=O) groups excluding carboxylic acids is 2. The molecule has 4 aliphatic rings. The number of amides is 2. The summed E-state index contributed by atoms with van der Waals surface area (Å²) in [6, 6.07) is 7.54. The second kappa shape index (κ2) is 5.29. The van der Waals surface area contributed by atoms with Crippen LogP contribution in [-0.2, 0) is 9.59 Å². The monoisotopic (exact) mass is 385 g/mol. The van der Waals surface area contributed by atoms with Crippen molar-refractivity contribution in [3.8, 4) is 0 Å². The third-order valence-electron chi connectivity index (χ3n) is 6.58. The predicted octanol–water partition coefficient (Wildman–Crippen LogP) is 4.47. The van der Waals surface area contributed by atoms with E-state index in [1.807, 2.05) is 24.3 Å². The van der Waals surface area contributed by atoms with Crippen molar-refractivity contribution in [3.63, 3.8) is 0 Å². The van der Waals surface area contributed by atoms with Gasteiger partial charge in [-0.05, 0) is 74.6 Å². The fraction of sp³-hybridized carbons (Fsp3) is 0.500. The molecule has 1 aromatic carbocycles. The number of carbonyl (C=O) groups is 2. The van der Waals surface area contributed by atoms with Gasteiger partial charge in [0.2, 0.25) is 11.8 Å². The molecule has 3 aliphatic carbocycles. The van der Waals surface area contributed by atoms with Gasteiger partial charge >= 0.3 is 0 Å². The van der Waals surface area contributed by atoms with E-state index in [1.54, 1.807) is 11.1 Å². The van der Waals surface area contributed by atoms with Crippen LogP contribution in [0.2, 0.25) is 0 Å². The molecular formula is C20H20BrNO2. The summed E-state index contributed by atoms with van der Waals surface area (Å²) in [6.07, 6.45) is 6.83. The number of benzene rings is 1. The summed E-state index contributed by atoms with van der Waals surface area (Å²) in [7, 11) is 0. The van der Waals surface area contributed by atoms with Gasteiger partial charge in [0.15, 0.2) is 0 Å². The lowest BCUT2D eigenvalue weighted by Gasteiger charge is -2.34. The molecular weight excluding hydrogens is 366 g/mol. The summed E-state index contributed by atoms with van der Waals surface area (Å²) in [4.78, 5) is 28.0. The van der Waals surface area contributed by atoms with Gasteiger partial charge in [-0.1, -0.05) is 27.1 Å². The van der Waals surface area contributed by atoms with Crippen molar-refractivity contribution in [1.29, 1.82) is 0 Å². The van der Waals surface area contributed by atoms with Gasteiger partial charge in [0.25, 0.3) is 0 Å². The molecule has 2 amide bonds. The second-order valence-corrected chi connectivity index (χ2v) is 8.50. The van der Waals surface area contributed by atoms with Gasteiger partial charge < -0.3 is 0 Å². The number of rotatable bonds is 1. The van der Waals surface area contributed by atoms with Gasteiger partial charge in [-0.25, -0.2) is 0 Å². The van der Waals surface area contributed by atoms with Crippen LogP contribution < -0.4 is 4.90 Å². The molecule has 4 atom stereocenters. The molecule has 1 saturated heterocycles. The Morgan fingerprint density at radius 2 is 1.33 bits per heavy atom. The molecule has 0 unspecified atom stereocenters. The van der Waals surface area contributed by atoms with Crippen LogP contribution in [0.15, 0.2) is 39.9 Å². The van der Waals surface area contributed by atoms with Crippen molar-refractivity contribution in [2.75, 3.05) is 4.90 Å². The molecule has 0 N–H and O–H groups in total. The van der Waals surface area contributed by atoms with E-state index < -0.39 is 0 Å². The Balaban J connectivity index is 1.60. The van der Waals surface area contributed by atoms with E-state index in [9.17, 15) is 9.59 Å². The lowest BCUT2D eigenvalue weighted by molar-refractivity contribution is -0.122. The zero-order valence-electron chi connectivity index (χ0n) is 13.5. The van der Waals surface area contributed by atoms with Gasteiger partial charge in [0.05, 0.1) is 17.5 Å². The van der Waals surface area contributed by atoms with E-state index in [0.717, 1.165) is 35.8 Å². The second-order valence-electron chi connectivity index (χ2n) is 7.59. The number of fused-ring (bicyclic) bond motifs is 5. The molecule has 0 spiro atoms. The zero-order chi connectivity index (χ0) is 16.4. The van der Waals surface area contributed by atoms with E-state index in [-0.39, 0.29) is 23.7 Å². The number of imide groups is 1. The molecule has 2 saturated carbocycles. The molecule has 1 aromatic rings. The van der Waals surface area contributed by atoms with Gasteiger partial charge in [-0.15, -0.1) is 0 Å². The lowest BCUT2D eigenvalue weighted by Crippen LogP contribution is -2.35. The van der Waals surface area contributed by atoms with Crippen molar-refractivity contribution >= 4 is 33.4 Å². The van der Waals surface area contributed by atoms with Gasteiger partial charge in [-0.3, -0.25) is 14.5 Å². The Hall–Kier alpha value is -1.42. The van der Waals surface area contributed by atoms with Crippen LogP contribution in [-0.4, -0.2) is 11.8 Å². The van der Waals surface area contributed by atoms with Crippen molar-refractivity contribution < 1.29 is 9.59 Å². The molecule has 0 bridgehead atoms. The van der Waals surface area contributed by atoms with Crippen LogP contribution in [0.4, 0.5) is 5.69 Å². The molecule has 0 aromatic heterocycles. The predicted molar refractivity (Wildman–Crippen MR) is 95.3 cm³/mol. The van der Waals surface area contributed by atoms with E-state index in [4.69, 9.17) is 0 Å². The lowest BCUT2D eigenvalue weighted by atomic mass is 9.66. The average molecular weight is 386 g/mol. The number of hydrogen-bond acceptors (Lipinski definition) is 2. The van der Waals surface area contributed by atoms with Gasteiger partial charge in [0, 0.05) is 4.47 Å². The maximum absolute atomic E-state index is 13.2. The highest BCUT2D eigenvalue weighted by atomic mass is 79.9. The largest absolute Gasteiger partial charge is 0.274 e. The fourth-order valence-corrected chi connectivity index (χ4v) is 6.00. The molecule has 3 fully saturated rings. The molecule has 24 heavy (non-hydrogen) atoms. The maximum Gasteiger partial charge on any atom is 0.238 e. The topological polar surface area (TPSA) is 37.4 Å². The molecule has 124 valence electrons. The van der Waals surface area contributed by atoms with Crippen LogP contribution in [0, 0.1) is 23.7 Å². The average Bonchev–Trinajstić information content (AvgIpc) is 3.27. The Morgan fingerprint density at radius 3 is 1.83 bits per heavy atom. The van der Waals surface area contributed by atoms with Crippen LogP contribution in [0.3, 0.4) is 0 Å². The SMILES string of the molecule is O=C1[C@H]2[C@H](C(=O)N1c1ccc(Br)cc1)[C@H]1CCCC1=C1CCC[C@H]12. The smallest absolute Gasteiger partial charge is 0.238 e. The number of anilines is 1. The summed E-state index contributed by atoms with van der Waals surface area (Å²) in [6.45, 7) is 0. The minimum absolute atomic E-state index is 0.0441. The zero-order valence-corrected chi connectivity index (χ0v) is 15.1. The number of allylic oxidation sites excluding steroid dienone is 2. The first-order chi connectivity index (χ1) is 11.7. The Bertz CT molecular complexity index is 724. The van der Waals surface area contributed by atoms with E-state index in [0.29, 0.717) is 11.8 Å². The molecule has 4 heteroatoms. The van der Waals surface area contributed by atoms with E-state index >= 15 is 0 Å². The molecule has 1 aliphatic heterocycles. The number of halogens is 1. The first-order valence-corrected chi connectivity index (χ1v) is 9.81. The highest BCUT2D eigenvalue weighted by Crippen LogP contribution is 2.57. The third kappa shape index (κ3) is 1.89. The van der Waals surface area contributed by atoms with Crippen LogP contribution in [0.1, 0.15) is 38.5 Å². The number of hydrogen-bond donors (Lipinski definition) is 0. The van der Waals surface area contributed by atoms with Crippen molar-refractivity contribution in [1.82, 2.24) is 0 Å². The maximum atomic E-state index is 13.2. The standard InChI is InChI=1S/C20H20BrNO2/c21-11-7-9-12(10-8-11)22-19(23)17-15-5-1-3-13(15)14-4-2-6-16(14)18(17)20(22)24/h7-10,15-18H,1-6H2/t15-,16+,17-,18-/m1/s1. The highest BCUT2D eigenvalue weighted by molar-refractivity contribution is 9.10. The first kappa shape index (κ1) is 14.9. The minimum atomic E-state index is -0.106. The summed E-state index contributed by atoms with van der Waals surface area (Å²) < 4.78 is 0.959. The van der Waals surface area contributed by atoms with Gasteiger partial charge in [0.1, 0.15) is 0 Å². The van der Waals surface area contributed by atoms with Crippen molar-refractivity contribution in [2.45, 2.75) is 38.5 Å². The van der Waals surface area contributed by atoms with Crippen LogP contribution >= 0.6 is 15.9 Å². The number of nitrogens with zero attached hydrogens (tertiary/aromatic N) is 1. The summed E-state index contributed by atoms with van der Waals surface area (Å²) in [5.41, 5.74) is 3.83. The molecule has 5 rings (SSSR count). The quantitative estimate of drug-likeness (QED) is 0.528. The van der Waals surface area contributed by atoms with Gasteiger partial charge in [-0.2, -0.15) is 0 Å². The first-order valence-electron chi connectivity index (χ1n) is 9.02. The van der Waals surface area contributed by atoms with E-state index in [2.05, 4.69) is 15.9 Å².